The number of aryl methyl sites for hydroxylation is 1. The minimum Gasteiger partial charge on any atom is -0.495 e. The van der Waals surface area contributed by atoms with Crippen LogP contribution in [0.3, 0.4) is 0 Å². The van der Waals surface area contributed by atoms with Gasteiger partial charge in [-0.25, -0.2) is 0 Å². The Labute approximate surface area is 178 Å². The van der Waals surface area contributed by atoms with Crippen LogP contribution in [-0.2, 0) is 9.59 Å². The van der Waals surface area contributed by atoms with Gasteiger partial charge in [-0.15, -0.1) is 0 Å². The smallest absolute Gasteiger partial charge is 0.227 e. The lowest BCUT2D eigenvalue weighted by Gasteiger charge is -2.31. The number of carbonyl (C=O) groups excluding carboxylic acids is 2. The molecule has 160 valence electrons. The largest absolute Gasteiger partial charge is 0.495 e. The van der Waals surface area contributed by atoms with E-state index in [0.29, 0.717) is 50.4 Å². The second-order valence-corrected chi connectivity index (χ2v) is 7.64. The number of hydrogen-bond donors (Lipinski definition) is 1. The van der Waals surface area contributed by atoms with Crippen molar-refractivity contribution in [3.63, 3.8) is 0 Å². The number of nitrogens with zero attached hydrogens (tertiary/aromatic N) is 1. The number of benzene rings is 2. The van der Waals surface area contributed by atoms with Crippen molar-refractivity contribution in [2.75, 3.05) is 32.1 Å². The molecule has 1 aliphatic rings. The summed E-state index contributed by atoms with van der Waals surface area (Å²) >= 11 is 0. The number of rotatable bonds is 7. The van der Waals surface area contributed by atoms with Crippen molar-refractivity contribution in [1.82, 2.24) is 4.90 Å². The number of piperidine rings is 1. The fraction of sp³-hybridized carbons (Fsp3) is 0.417. The van der Waals surface area contributed by atoms with E-state index >= 15 is 0 Å². The van der Waals surface area contributed by atoms with E-state index in [-0.39, 0.29) is 17.7 Å². The van der Waals surface area contributed by atoms with Crippen LogP contribution in [0, 0.1) is 19.8 Å². The fourth-order valence-corrected chi connectivity index (χ4v) is 3.66. The van der Waals surface area contributed by atoms with Gasteiger partial charge in [0.05, 0.1) is 25.8 Å². The molecule has 0 saturated carbocycles. The summed E-state index contributed by atoms with van der Waals surface area (Å²) in [5.74, 6) is 1.41. The van der Waals surface area contributed by atoms with Crippen molar-refractivity contribution in [3.05, 3.63) is 53.6 Å². The minimum absolute atomic E-state index is 0.0233. The van der Waals surface area contributed by atoms with Gasteiger partial charge in [-0.05, 0) is 56.0 Å². The Morgan fingerprint density at radius 1 is 1.03 bits per heavy atom. The molecule has 1 heterocycles. The normalized spacial score (nSPS) is 14.3. The maximum absolute atomic E-state index is 12.6. The lowest BCUT2D eigenvalue weighted by molar-refractivity contribution is -0.135. The highest BCUT2D eigenvalue weighted by atomic mass is 16.5. The van der Waals surface area contributed by atoms with Gasteiger partial charge in [0.25, 0.3) is 0 Å². The monoisotopic (exact) mass is 410 g/mol. The number of likely N-dealkylation sites (tertiary alicyclic amines) is 1. The quantitative estimate of drug-likeness (QED) is 0.750. The Bertz CT molecular complexity index is 889. The zero-order valence-electron chi connectivity index (χ0n) is 17.9. The van der Waals surface area contributed by atoms with Gasteiger partial charge in [-0.1, -0.05) is 24.3 Å². The Morgan fingerprint density at radius 2 is 1.73 bits per heavy atom. The van der Waals surface area contributed by atoms with Crippen LogP contribution in [-0.4, -0.2) is 43.5 Å². The molecule has 3 rings (SSSR count). The van der Waals surface area contributed by atoms with Crippen molar-refractivity contribution in [1.29, 1.82) is 0 Å². The zero-order valence-corrected chi connectivity index (χ0v) is 17.9. The second-order valence-electron chi connectivity index (χ2n) is 7.64. The van der Waals surface area contributed by atoms with Gasteiger partial charge in [0.15, 0.2) is 0 Å². The van der Waals surface area contributed by atoms with Crippen LogP contribution in [0.5, 0.6) is 11.5 Å². The van der Waals surface area contributed by atoms with Crippen molar-refractivity contribution in [2.45, 2.75) is 33.1 Å². The second kappa shape index (κ2) is 10.1. The molecule has 6 heteroatoms. The molecule has 6 nitrogen and oxygen atoms in total. The number of anilines is 1. The summed E-state index contributed by atoms with van der Waals surface area (Å²) in [7, 11) is 1.58. The summed E-state index contributed by atoms with van der Waals surface area (Å²) in [5.41, 5.74) is 2.95. The first kappa shape index (κ1) is 21.7. The number of nitrogens with one attached hydrogen (secondary N) is 1. The van der Waals surface area contributed by atoms with Gasteiger partial charge in [0.1, 0.15) is 11.5 Å². The maximum atomic E-state index is 12.6. The lowest BCUT2D eigenvalue weighted by atomic mass is 9.95. The predicted octanol–water partition coefficient (Wildman–Crippen LogP) is 3.96. The molecule has 1 N–H and O–H groups in total. The first-order valence-corrected chi connectivity index (χ1v) is 10.4. The number of carbonyl (C=O) groups is 2. The summed E-state index contributed by atoms with van der Waals surface area (Å²) in [6.07, 6.45) is 1.65. The first-order valence-electron chi connectivity index (χ1n) is 10.4. The molecule has 0 aromatic heterocycles. The molecule has 30 heavy (non-hydrogen) atoms. The van der Waals surface area contributed by atoms with E-state index in [2.05, 4.69) is 5.32 Å². The van der Waals surface area contributed by atoms with Crippen LogP contribution >= 0.6 is 0 Å². The van der Waals surface area contributed by atoms with E-state index < -0.39 is 0 Å². The summed E-state index contributed by atoms with van der Waals surface area (Å²) in [6.45, 7) is 5.60. The molecule has 0 unspecified atom stereocenters. The molecule has 1 saturated heterocycles. The molecule has 0 aliphatic carbocycles. The number of ether oxygens (including phenoxy) is 2. The Kier molecular flexibility index (Phi) is 7.33. The van der Waals surface area contributed by atoms with Gasteiger partial charge >= 0.3 is 0 Å². The summed E-state index contributed by atoms with van der Waals surface area (Å²) in [5, 5.41) is 2.95. The molecule has 2 aromatic rings. The Balaban J connectivity index is 1.43. The highest BCUT2D eigenvalue weighted by molar-refractivity contribution is 5.94. The third kappa shape index (κ3) is 5.32. The van der Waals surface area contributed by atoms with Crippen LogP contribution in [0.4, 0.5) is 5.69 Å². The predicted molar refractivity (Wildman–Crippen MR) is 117 cm³/mol. The van der Waals surface area contributed by atoms with E-state index in [4.69, 9.17) is 9.47 Å². The van der Waals surface area contributed by atoms with E-state index in [0.717, 1.165) is 11.3 Å². The molecule has 0 radical (unpaired) electrons. The van der Waals surface area contributed by atoms with Crippen molar-refractivity contribution in [2.24, 2.45) is 5.92 Å². The molecule has 1 fully saturated rings. The van der Waals surface area contributed by atoms with Gasteiger partial charge in [-0.3, -0.25) is 9.59 Å². The molecule has 0 atom stereocenters. The minimum atomic E-state index is -0.106. The van der Waals surface area contributed by atoms with Crippen LogP contribution in [0.2, 0.25) is 0 Å². The summed E-state index contributed by atoms with van der Waals surface area (Å²) in [4.78, 5) is 27.0. The molecule has 2 amide bonds. The fourth-order valence-electron chi connectivity index (χ4n) is 3.66. The Hall–Kier alpha value is -3.02. The zero-order chi connectivity index (χ0) is 21.5. The van der Waals surface area contributed by atoms with E-state index in [1.165, 1.54) is 5.56 Å². The van der Waals surface area contributed by atoms with Gasteiger partial charge in [0.2, 0.25) is 11.8 Å². The molecule has 2 aromatic carbocycles. The SMILES string of the molecule is COc1ccccc1NC(=O)C1CCN(C(=O)CCOc2cccc(C)c2C)CC1. The number of methoxy groups -OCH3 is 1. The molecular formula is C24H30N2O4. The van der Waals surface area contributed by atoms with Crippen molar-refractivity contribution in [3.8, 4) is 11.5 Å². The van der Waals surface area contributed by atoms with Gasteiger partial charge < -0.3 is 19.7 Å². The summed E-state index contributed by atoms with van der Waals surface area (Å²) < 4.78 is 11.1. The van der Waals surface area contributed by atoms with Crippen LogP contribution in [0.1, 0.15) is 30.4 Å². The maximum Gasteiger partial charge on any atom is 0.227 e. The third-order valence-electron chi connectivity index (χ3n) is 5.71. The van der Waals surface area contributed by atoms with Crippen LogP contribution in [0.15, 0.2) is 42.5 Å². The third-order valence-corrected chi connectivity index (χ3v) is 5.71. The van der Waals surface area contributed by atoms with Gasteiger partial charge in [-0.2, -0.15) is 0 Å². The standard InChI is InChI=1S/C24H30N2O4/c1-17-7-6-10-21(18(17)2)30-16-13-23(27)26-14-11-19(12-15-26)24(28)25-20-8-4-5-9-22(20)29-3/h4-10,19H,11-16H2,1-3H3,(H,25,28). The average molecular weight is 411 g/mol. The molecule has 0 bridgehead atoms. The lowest BCUT2D eigenvalue weighted by Crippen LogP contribution is -2.41. The highest BCUT2D eigenvalue weighted by Crippen LogP contribution is 2.26. The highest BCUT2D eigenvalue weighted by Gasteiger charge is 2.27. The molecular weight excluding hydrogens is 380 g/mol. The van der Waals surface area contributed by atoms with Crippen LogP contribution < -0.4 is 14.8 Å². The van der Waals surface area contributed by atoms with Crippen molar-refractivity contribution < 1.29 is 19.1 Å². The summed E-state index contributed by atoms with van der Waals surface area (Å²) in [6, 6.07) is 13.3. The number of hydrogen-bond acceptors (Lipinski definition) is 4. The number of amides is 2. The topological polar surface area (TPSA) is 67.9 Å². The van der Waals surface area contributed by atoms with E-state index in [1.807, 2.05) is 61.2 Å². The van der Waals surface area contributed by atoms with E-state index in [9.17, 15) is 9.59 Å². The number of para-hydroxylation sites is 2. The average Bonchev–Trinajstić information content (AvgIpc) is 2.77. The molecule has 0 spiro atoms. The Morgan fingerprint density at radius 3 is 2.47 bits per heavy atom. The van der Waals surface area contributed by atoms with E-state index in [1.54, 1.807) is 7.11 Å². The van der Waals surface area contributed by atoms with Crippen molar-refractivity contribution >= 4 is 17.5 Å². The first-order chi connectivity index (χ1) is 14.5. The van der Waals surface area contributed by atoms with Gasteiger partial charge in [0, 0.05) is 19.0 Å². The van der Waals surface area contributed by atoms with Crippen LogP contribution in [0.25, 0.3) is 0 Å². The molecule has 1 aliphatic heterocycles.